The van der Waals surface area contributed by atoms with Crippen molar-refractivity contribution in [1.82, 2.24) is 15.1 Å². The van der Waals surface area contributed by atoms with E-state index in [9.17, 15) is 14.0 Å². The van der Waals surface area contributed by atoms with Crippen LogP contribution in [0.2, 0.25) is 0 Å². The Balaban J connectivity index is 0.000000559. The molecule has 1 aromatic carbocycles. The van der Waals surface area contributed by atoms with Gasteiger partial charge in [-0.25, -0.2) is 4.39 Å². The molecule has 3 aromatic rings. The third kappa shape index (κ3) is 18.2. The van der Waals surface area contributed by atoms with Crippen molar-refractivity contribution in [2.75, 3.05) is 0 Å². The van der Waals surface area contributed by atoms with E-state index in [-0.39, 0.29) is 17.5 Å². The highest BCUT2D eigenvalue weighted by molar-refractivity contribution is 7.14. The van der Waals surface area contributed by atoms with Gasteiger partial charge in [0.05, 0.1) is 11.1 Å². The number of thiophene rings is 1. The number of halogens is 1. The molecule has 7 heteroatoms. The van der Waals surface area contributed by atoms with Gasteiger partial charge in [-0.2, -0.15) is 5.10 Å². The van der Waals surface area contributed by atoms with Gasteiger partial charge < -0.3 is 10.1 Å². The first-order valence-corrected chi connectivity index (χ1v) is 14.8. The molecule has 1 N–H and O–H groups in total. The van der Waals surface area contributed by atoms with Crippen LogP contribution in [0.5, 0.6) is 0 Å². The molecule has 0 saturated heterocycles. The summed E-state index contributed by atoms with van der Waals surface area (Å²) in [7, 11) is 1.86. The lowest BCUT2D eigenvalue weighted by Crippen LogP contribution is -2.22. The van der Waals surface area contributed by atoms with Crippen LogP contribution in [0, 0.1) is 25.6 Å². The van der Waals surface area contributed by atoms with Crippen molar-refractivity contribution in [2.45, 2.75) is 100 Å². The van der Waals surface area contributed by atoms with E-state index in [1.165, 1.54) is 75.0 Å². The molecule has 1 amide bonds. The van der Waals surface area contributed by atoms with Crippen molar-refractivity contribution in [3.63, 3.8) is 0 Å². The summed E-state index contributed by atoms with van der Waals surface area (Å²) < 4.78 is 13.9. The number of hydrogen-bond acceptors (Lipinski definition) is 4. The Morgan fingerprint density at radius 1 is 1.05 bits per heavy atom. The van der Waals surface area contributed by atoms with Gasteiger partial charge in [0.25, 0.3) is 5.91 Å². The summed E-state index contributed by atoms with van der Waals surface area (Å²) in [6.45, 7) is 16.5. The molecule has 1 atom stereocenters. The van der Waals surface area contributed by atoms with Gasteiger partial charge in [0.1, 0.15) is 11.6 Å². The summed E-state index contributed by atoms with van der Waals surface area (Å²) in [6.07, 6.45) is 11.6. The SMILES string of the molecule is CC(C)=O.CCCCCC(C)CC.CCc1ccc(F)cc1.Cc1cc(C)c(C(=O)NCc2cnn(C)c2)s1. The Morgan fingerprint density at radius 3 is 2.10 bits per heavy atom. The number of hydrogen-bond donors (Lipinski definition) is 1. The molecule has 3 rings (SSSR count). The van der Waals surface area contributed by atoms with Gasteiger partial charge in [-0.05, 0) is 69.4 Å². The second-order valence-corrected chi connectivity index (χ2v) is 11.2. The average molecular weight is 560 g/mol. The maximum atomic E-state index is 12.2. The molecule has 218 valence electrons. The van der Waals surface area contributed by atoms with Crippen molar-refractivity contribution in [2.24, 2.45) is 13.0 Å². The number of nitrogens with zero attached hydrogens (tertiary/aromatic N) is 2. The van der Waals surface area contributed by atoms with Gasteiger partial charge in [0.15, 0.2) is 0 Å². The average Bonchev–Trinajstić information content (AvgIpc) is 3.47. The molecular formula is C32H50FN3O2S. The van der Waals surface area contributed by atoms with E-state index in [0.29, 0.717) is 6.54 Å². The number of aromatic nitrogens is 2. The van der Waals surface area contributed by atoms with Crippen LogP contribution in [0.4, 0.5) is 4.39 Å². The first kappa shape index (κ1) is 36.2. The minimum atomic E-state index is -0.160. The third-order valence-electron chi connectivity index (χ3n) is 5.78. The molecule has 0 aliphatic carbocycles. The fourth-order valence-corrected chi connectivity index (χ4v) is 4.30. The van der Waals surface area contributed by atoms with Gasteiger partial charge in [0.2, 0.25) is 0 Å². The van der Waals surface area contributed by atoms with Crippen molar-refractivity contribution in [3.8, 4) is 0 Å². The normalized spacial score (nSPS) is 10.6. The molecule has 0 spiro atoms. The van der Waals surface area contributed by atoms with Gasteiger partial charge in [-0.15, -0.1) is 11.3 Å². The van der Waals surface area contributed by atoms with Crippen molar-refractivity contribution < 1.29 is 14.0 Å². The number of Topliss-reactive ketones (excluding diaryl/α,β-unsaturated/α-hetero) is 1. The van der Waals surface area contributed by atoms with Crippen molar-refractivity contribution >= 4 is 23.0 Å². The molecular weight excluding hydrogens is 509 g/mol. The van der Waals surface area contributed by atoms with Gasteiger partial charge >= 0.3 is 0 Å². The number of carbonyl (C=O) groups is 2. The number of nitrogens with one attached hydrogen (secondary N) is 1. The number of rotatable bonds is 9. The van der Waals surface area contributed by atoms with Crippen molar-refractivity contribution in [1.29, 1.82) is 0 Å². The smallest absolute Gasteiger partial charge is 0.261 e. The Morgan fingerprint density at radius 2 is 1.67 bits per heavy atom. The first-order chi connectivity index (χ1) is 18.4. The second kappa shape index (κ2) is 21.1. The topological polar surface area (TPSA) is 64.0 Å². The summed E-state index contributed by atoms with van der Waals surface area (Å²) >= 11 is 1.53. The van der Waals surface area contributed by atoms with E-state index < -0.39 is 0 Å². The van der Waals surface area contributed by atoms with E-state index in [1.807, 2.05) is 40.1 Å². The van der Waals surface area contributed by atoms with E-state index in [1.54, 1.807) is 23.0 Å². The molecule has 2 heterocycles. The maximum Gasteiger partial charge on any atom is 0.261 e. The Labute approximate surface area is 240 Å². The van der Waals surface area contributed by atoms with E-state index in [2.05, 4.69) is 31.2 Å². The third-order valence-corrected chi connectivity index (χ3v) is 6.93. The fraction of sp³-hybridized carbons (Fsp3) is 0.531. The van der Waals surface area contributed by atoms with E-state index >= 15 is 0 Å². The number of carbonyl (C=O) groups excluding carboxylic acids is 2. The number of amides is 1. The Hall–Kier alpha value is -2.80. The lowest BCUT2D eigenvalue weighted by Gasteiger charge is -2.05. The van der Waals surface area contributed by atoms with Gasteiger partial charge in [-0.1, -0.05) is 71.9 Å². The summed E-state index contributed by atoms with van der Waals surface area (Å²) in [4.78, 5) is 23.3. The molecule has 0 fully saturated rings. The fourth-order valence-electron chi connectivity index (χ4n) is 3.36. The highest BCUT2D eigenvalue weighted by atomic mass is 32.1. The van der Waals surface area contributed by atoms with E-state index in [0.717, 1.165) is 33.2 Å². The number of benzene rings is 1. The van der Waals surface area contributed by atoms with Gasteiger partial charge in [0, 0.05) is 30.2 Å². The van der Waals surface area contributed by atoms with E-state index in [4.69, 9.17) is 0 Å². The van der Waals surface area contributed by atoms with Crippen LogP contribution in [-0.2, 0) is 24.8 Å². The minimum absolute atomic E-state index is 0.00977. The molecule has 1 unspecified atom stereocenters. The highest BCUT2D eigenvalue weighted by Gasteiger charge is 2.12. The van der Waals surface area contributed by atoms with Crippen LogP contribution < -0.4 is 5.32 Å². The van der Waals surface area contributed by atoms with Crippen LogP contribution in [0.25, 0.3) is 0 Å². The molecule has 0 bridgehead atoms. The first-order valence-electron chi connectivity index (χ1n) is 14.0. The zero-order chi connectivity index (χ0) is 29.8. The monoisotopic (exact) mass is 559 g/mol. The molecule has 0 aliphatic heterocycles. The minimum Gasteiger partial charge on any atom is -0.347 e. The quantitative estimate of drug-likeness (QED) is 0.267. The highest BCUT2D eigenvalue weighted by Crippen LogP contribution is 2.20. The zero-order valence-corrected chi connectivity index (χ0v) is 26.4. The van der Waals surface area contributed by atoms with Crippen LogP contribution in [-0.4, -0.2) is 21.5 Å². The molecule has 2 aromatic heterocycles. The predicted molar refractivity (Wildman–Crippen MR) is 164 cm³/mol. The lowest BCUT2D eigenvalue weighted by atomic mass is 10.0. The summed E-state index contributed by atoms with van der Waals surface area (Å²) in [5.74, 6) is 0.952. The molecule has 5 nitrogen and oxygen atoms in total. The summed E-state index contributed by atoms with van der Waals surface area (Å²) in [6, 6.07) is 8.60. The Bertz CT molecular complexity index is 1070. The molecule has 0 radical (unpaired) electrons. The number of unbranched alkanes of at least 4 members (excludes halogenated alkanes) is 2. The van der Waals surface area contributed by atoms with Crippen LogP contribution in [0.3, 0.4) is 0 Å². The second-order valence-electron chi connectivity index (χ2n) is 9.97. The van der Waals surface area contributed by atoms with Gasteiger partial charge in [-0.3, -0.25) is 9.48 Å². The molecule has 39 heavy (non-hydrogen) atoms. The van der Waals surface area contributed by atoms with Crippen LogP contribution in [0.1, 0.15) is 105 Å². The molecule has 0 saturated carbocycles. The van der Waals surface area contributed by atoms with Crippen LogP contribution in [0.15, 0.2) is 42.7 Å². The largest absolute Gasteiger partial charge is 0.347 e. The summed E-state index contributed by atoms with van der Waals surface area (Å²) in [5, 5.41) is 6.96. The standard InChI is InChI=1S/C12H15N3OS.C9H20.C8H9F.C3H6O/c1-8-4-9(2)17-11(8)12(16)13-5-10-6-14-15(3)7-10;1-4-6-7-8-9(3)5-2;1-2-7-3-5-8(9)6-4-7;1-3(2)4/h4,6-7H,5H2,1-3H3,(H,13,16);9H,4-8H2,1-3H3;3-6H,2H2,1H3;1-2H3. The number of ketones is 1. The zero-order valence-electron chi connectivity index (χ0n) is 25.6. The maximum absolute atomic E-state index is 12.2. The van der Waals surface area contributed by atoms with Crippen LogP contribution >= 0.6 is 11.3 Å². The lowest BCUT2D eigenvalue weighted by molar-refractivity contribution is -0.115. The van der Waals surface area contributed by atoms with Crippen molar-refractivity contribution in [3.05, 3.63) is 75.0 Å². The predicted octanol–water partition coefficient (Wildman–Crippen LogP) is 8.62. The number of aryl methyl sites for hydroxylation is 4. The Kier molecular flexibility index (Phi) is 19.6. The summed E-state index contributed by atoms with van der Waals surface area (Å²) in [5.41, 5.74) is 3.22. The molecule has 0 aliphatic rings.